The van der Waals surface area contributed by atoms with Crippen LogP contribution in [0.1, 0.15) is 11.3 Å². The quantitative estimate of drug-likeness (QED) is 0.751. The van der Waals surface area contributed by atoms with Gasteiger partial charge < -0.3 is 14.5 Å². The molecule has 8 nitrogen and oxygen atoms in total. The number of carbonyl (C=O) groups excluding carboxylic acids is 1. The Balaban J connectivity index is 1.68. The average Bonchev–Trinajstić information content (AvgIpc) is 3.16. The molecule has 1 aliphatic rings. The predicted octanol–water partition coefficient (Wildman–Crippen LogP) is 1.68. The van der Waals surface area contributed by atoms with Gasteiger partial charge in [0, 0.05) is 18.8 Å². The van der Waals surface area contributed by atoms with E-state index in [1.54, 1.807) is 24.5 Å². The lowest BCUT2D eigenvalue weighted by Crippen LogP contribution is -2.40. The molecule has 152 valence electrons. The van der Waals surface area contributed by atoms with E-state index >= 15 is 0 Å². The standard InChI is InChI=1S/C19H25N3O5S/c1-15-5-6-17(28(24,25)22-7-10-26-11-8-22)12-18(15)20-19(23)14-21(2)13-16-4-3-9-27-16/h3-6,9,12H,7-8,10-11,13-14H2,1-2H3,(H,20,23). The monoisotopic (exact) mass is 407 g/mol. The van der Waals surface area contributed by atoms with Crippen molar-refractivity contribution >= 4 is 21.6 Å². The molecule has 1 amide bonds. The lowest BCUT2D eigenvalue weighted by atomic mass is 10.2. The summed E-state index contributed by atoms with van der Waals surface area (Å²) in [5, 5.41) is 2.82. The molecule has 2 aromatic rings. The molecule has 0 unspecified atom stereocenters. The molecule has 3 rings (SSSR count). The molecule has 1 aliphatic heterocycles. The van der Waals surface area contributed by atoms with E-state index in [4.69, 9.17) is 9.15 Å². The van der Waals surface area contributed by atoms with Crippen LogP contribution < -0.4 is 5.32 Å². The number of furan rings is 1. The minimum atomic E-state index is -3.62. The fraction of sp³-hybridized carbons (Fsp3) is 0.421. The van der Waals surface area contributed by atoms with E-state index in [9.17, 15) is 13.2 Å². The Labute approximate surface area is 165 Å². The summed E-state index contributed by atoms with van der Waals surface area (Å²) in [6.45, 7) is 3.91. The first-order valence-electron chi connectivity index (χ1n) is 9.05. The van der Waals surface area contributed by atoms with Gasteiger partial charge in [-0.3, -0.25) is 9.69 Å². The van der Waals surface area contributed by atoms with Crippen LogP contribution in [0.4, 0.5) is 5.69 Å². The number of carbonyl (C=O) groups is 1. The molecule has 0 aliphatic carbocycles. The van der Waals surface area contributed by atoms with Gasteiger partial charge in [-0.25, -0.2) is 8.42 Å². The van der Waals surface area contributed by atoms with E-state index in [-0.39, 0.29) is 17.3 Å². The van der Waals surface area contributed by atoms with Crippen LogP contribution in [0, 0.1) is 6.92 Å². The number of likely N-dealkylation sites (N-methyl/N-ethyl adjacent to an activating group) is 1. The van der Waals surface area contributed by atoms with Gasteiger partial charge in [-0.2, -0.15) is 4.31 Å². The van der Waals surface area contributed by atoms with Gasteiger partial charge in [0.15, 0.2) is 0 Å². The molecule has 1 saturated heterocycles. The number of amides is 1. The van der Waals surface area contributed by atoms with Gasteiger partial charge in [0.05, 0.1) is 37.5 Å². The molecule has 0 bridgehead atoms. The van der Waals surface area contributed by atoms with Crippen molar-refractivity contribution in [3.8, 4) is 0 Å². The lowest BCUT2D eigenvalue weighted by Gasteiger charge is -2.26. The first-order chi connectivity index (χ1) is 13.4. The van der Waals surface area contributed by atoms with Crippen molar-refractivity contribution in [3.05, 3.63) is 47.9 Å². The van der Waals surface area contributed by atoms with Crippen molar-refractivity contribution in [1.29, 1.82) is 0 Å². The van der Waals surface area contributed by atoms with E-state index in [0.29, 0.717) is 38.5 Å². The number of aryl methyl sites for hydroxylation is 1. The fourth-order valence-electron chi connectivity index (χ4n) is 2.99. The van der Waals surface area contributed by atoms with Crippen LogP contribution in [0.5, 0.6) is 0 Å². The molecule has 9 heteroatoms. The van der Waals surface area contributed by atoms with Crippen LogP contribution in [-0.2, 0) is 26.1 Å². The molecule has 1 fully saturated rings. The second kappa shape index (κ2) is 8.87. The first kappa shape index (κ1) is 20.5. The number of ether oxygens (including phenoxy) is 1. The van der Waals surface area contributed by atoms with E-state index in [1.165, 1.54) is 10.4 Å². The van der Waals surface area contributed by atoms with Crippen LogP contribution in [-0.4, -0.2) is 63.4 Å². The van der Waals surface area contributed by atoms with Crippen molar-refractivity contribution in [1.82, 2.24) is 9.21 Å². The predicted molar refractivity (Wildman–Crippen MR) is 104 cm³/mol. The topological polar surface area (TPSA) is 92.1 Å². The summed E-state index contributed by atoms with van der Waals surface area (Å²) >= 11 is 0. The van der Waals surface area contributed by atoms with Gasteiger partial charge in [0.1, 0.15) is 5.76 Å². The third-order valence-electron chi connectivity index (χ3n) is 4.51. The maximum absolute atomic E-state index is 12.8. The molecule has 1 aromatic heterocycles. The zero-order chi connectivity index (χ0) is 20.1. The summed E-state index contributed by atoms with van der Waals surface area (Å²) in [5.41, 5.74) is 1.29. The SMILES string of the molecule is Cc1ccc(S(=O)(=O)N2CCOCC2)cc1NC(=O)CN(C)Cc1ccco1. The smallest absolute Gasteiger partial charge is 0.243 e. The van der Waals surface area contributed by atoms with Gasteiger partial charge in [-0.05, 0) is 43.8 Å². The number of hydrogen-bond acceptors (Lipinski definition) is 6. The highest BCUT2D eigenvalue weighted by Crippen LogP contribution is 2.23. The summed E-state index contributed by atoms with van der Waals surface area (Å²) in [6, 6.07) is 8.43. The van der Waals surface area contributed by atoms with Crippen LogP contribution in [0.2, 0.25) is 0 Å². The molecule has 28 heavy (non-hydrogen) atoms. The van der Waals surface area contributed by atoms with Crippen molar-refractivity contribution < 1.29 is 22.4 Å². The number of nitrogens with zero attached hydrogens (tertiary/aromatic N) is 2. The second-order valence-corrected chi connectivity index (χ2v) is 8.73. The van der Waals surface area contributed by atoms with Crippen LogP contribution in [0.3, 0.4) is 0 Å². The number of hydrogen-bond donors (Lipinski definition) is 1. The molecular weight excluding hydrogens is 382 g/mol. The van der Waals surface area contributed by atoms with Crippen LogP contribution in [0.15, 0.2) is 45.9 Å². The largest absolute Gasteiger partial charge is 0.468 e. The Kier molecular flexibility index (Phi) is 6.50. The Morgan fingerprint density at radius 2 is 2.00 bits per heavy atom. The number of sulfonamides is 1. The third kappa shape index (κ3) is 4.99. The highest BCUT2D eigenvalue weighted by atomic mass is 32.2. The van der Waals surface area contributed by atoms with Crippen molar-refractivity contribution in [3.63, 3.8) is 0 Å². The number of rotatable bonds is 7. The van der Waals surface area contributed by atoms with Crippen molar-refractivity contribution in [2.24, 2.45) is 0 Å². The lowest BCUT2D eigenvalue weighted by molar-refractivity contribution is -0.117. The van der Waals surface area contributed by atoms with Gasteiger partial charge in [0.25, 0.3) is 0 Å². The number of benzene rings is 1. The molecule has 0 saturated carbocycles. The van der Waals surface area contributed by atoms with Gasteiger partial charge in [-0.1, -0.05) is 6.07 Å². The van der Waals surface area contributed by atoms with Gasteiger partial charge in [0.2, 0.25) is 15.9 Å². The molecule has 1 aromatic carbocycles. The maximum Gasteiger partial charge on any atom is 0.243 e. The normalized spacial score (nSPS) is 15.7. The highest BCUT2D eigenvalue weighted by Gasteiger charge is 2.27. The Morgan fingerprint density at radius 1 is 1.25 bits per heavy atom. The molecule has 2 heterocycles. The molecule has 0 atom stereocenters. The van der Waals surface area contributed by atoms with Crippen LogP contribution in [0.25, 0.3) is 0 Å². The van der Waals surface area contributed by atoms with Crippen molar-refractivity contribution in [2.45, 2.75) is 18.4 Å². The second-order valence-electron chi connectivity index (χ2n) is 6.79. The number of anilines is 1. The third-order valence-corrected chi connectivity index (χ3v) is 6.40. The van der Waals surface area contributed by atoms with Crippen LogP contribution >= 0.6 is 0 Å². The van der Waals surface area contributed by atoms with E-state index < -0.39 is 10.0 Å². The minimum Gasteiger partial charge on any atom is -0.468 e. The Bertz CT molecular complexity index is 906. The average molecular weight is 407 g/mol. The summed E-state index contributed by atoms with van der Waals surface area (Å²) < 4.78 is 37.6. The summed E-state index contributed by atoms with van der Waals surface area (Å²) in [4.78, 5) is 14.4. The zero-order valence-corrected chi connectivity index (χ0v) is 16.9. The van der Waals surface area contributed by atoms with E-state index in [2.05, 4.69) is 5.32 Å². The Morgan fingerprint density at radius 3 is 2.68 bits per heavy atom. The van der Waals surface area contributed by atoms with Crippen molar-refractivity contribution in [2.75, 3.05) is 45.2 Å². The summed E-state index contributed by atoms with van der Waals surface area (Å²) in [6.07, 6.45) is 1.59. The molecule has 0 spiro atoms. The van der Waals surface area contributed by atoms with E-state index in [0.717, 1.165) is 11.3 Å². The van der Waals surface area contributed by atoms with Gasteiger partial charge >= 0.3 is 0 Å². The van der Waals surface area contributed by atoms with E-state index in [1.807, 2.05) is 24.9 Å². The Hall–Kier alpha value is -2.20. The number of nitrogens with one attached hydrogen (secondary N) is 1. The molecular formula is C19H25N3O5S. The summed E-state index contributed by atoms with van der Waals surface area (Å²) in [5.74, 6) is 0.545. The highest BCUT2D eigenvalue weighted by molar-refractivity contribution is 7.89. The first-order valence-corrected chi connectivity index (χ1v) is 10.5. The van der Waals surface area contributed by atoms with Gasteiger partial charge in [-0.15, -0.1) is 0 Å². The maximum atomic E-state index is 12.8. The molecule has 1 N–H and O–H groups in total. The zero-order valence-electron chi connectivity index (χ0n) is 16.1. The fourth-order valence-corrected chi connectivity index (χ4v) is 4.43. The number of morpholine rings is 1. The summed E-state index contributed by atoms with van der Waals surface area (Å²) in [7, 11) is -1.80. The molecule has 0 radical (unpaired) electrons. The minimum absolute atomic E-state index is 0.153.